The van der Waals surface area contributed by atoms with Gasteiger partial charge in [0.15, 0.2) is 6.79 Å². The zero-order chi connectivity index (χ0) is 29.6. The first-order valence-corrected chi connectivity index (χ1v) is 23.2. The number of fused-ring (bicyclic) bond motifs is 1. The molecule has 40 heavy (non-hydrogen) atoms. The highest BCUT2D eigenvalue weighted by atomic mass is 32.2. The fourth-order valence-corrected chi connectivity index (χ4v) is 6.10. The summed E-state index contributed by atoms with van der Waals surface area (Å²) < 4.78 is 42.8. The lowest BCUT2D eigenvalue weighted by Gasteiger charge is -2.17. The van der Waals surface area contributed by atoms with Gasteiger partial charge in [-0.05, 0) is 47.3 Å². The molecule has 0 atom stereocenters. The minimum atomic E-state index is -3.14. The Balaban J connectivity index is 1.98. The van der Waals surface area contributed by atoms with Crippen LogP contribution < -0.4 is 10.3 Å². The van der Waals surface area contributed by atoms with Crippen LogP contribution in [-0.2, 0) is 32.5 Å². The summed E-state index contributed by atoms with van der Waals surface area (Å²) in [5.74, 6) is 0.483. The lowest BCUT2D eigenvalue weighted by atomic mass is 9.96. The van der Waals surface area contributed by atoms with Gasteiger partial charge in [0.05, 0.1) is 11.1 Å². The summed E-state index contributed by atoms with van der Waals surface area (Å²) >= 11 is 0. The van der Waals surface area contributed by atoms with Crippen molar-refractivity contribution in [2.45, 2.75) is 64.5 Å². The van der Waals surface area contributed by atoms with Crippen LogP contribution in [-0.4, -0.2) is 66.1 Å². The van der Waals surface area contributed by atoms with Gasteiger partial charge >= 0.3 is 0 Å². The number of hydrogen-bond donors (Lipinski definition) is 0. The Bertz CT molecular complexity index is 1460. The van der Waals surface area contributed by atoms with Crippen LogP contribution in [0.15, 0.2) is 47.5 Å². The number of nitrogens with zero attached hydrogens (tertiary/aromatic N) is 2. The third kappa shape index (κ3) is 10.3. The van der Waals surface area contributed by atoms with E-state index < -0.39 is 26.0 Å². The number of aromatic nitrogens is 2. The normalized spacial score (nSPS) is 12.7. The molecule has 0 saturated carbocycles. The molecule has 220 valence electrons. The van der Waals surface area contributed by atoms with Crippen molar-refractivity contribution >= 4 is 36.9 Å². The number of ether oxygens (including phenoxy) is 3. The van der Waals surface area contributed by atoms with Crippen molar-refractivity contribution in [3.8, 4) is 16.9 Å². The molecule has 0 amide bonds. The highest BCUT2D eigenvalue weighted by molar-refractivity contribution is 7.90. The van der Waals surface area contributed by atoms with Crippen molar-refractivity contribution in [2.24, 2.45) is 0 Å². The van der Waals surface area contributed by atoms with Gasteiger partial charge < -0.3 is 14.2 Å². The molecule has 1 aromatic heterocycles. The maximum Gasteiger partial charge on any atom is 0.263 e. The van der Waals surface area contributed by atoms with Crippen molar-refractivity contribution in [1.82, 2.24) is 9.55 Å². The Labute approximate surface area is 240 Å². The van der Waals surface area contributed by atoms with E-state index in [1.165, 1.54) is 17.2 Å². The Hall–Kier alpha value is -2.32. The SMILES string of the molecule is C[Si](C)(C)CCOCOc1cc(-c2ccccc2CCS(C)(=O)=O)cc2c(=O)n(COCC[Si](C)(C)C)cnc12. The summed E-state index contributed by atoms with van der Waals surface area (Å²) in [6.45, 7) is 15.1. The van der Waals surface area contributed by atoms with Gasteiger partial charge in [-0.15, -0.1) is 0 Å². The molecular weight excluding hydrogens is 561 g/mol. The van der Waals surface area contributed by atoms with Crippen LogP contribution >= 0.6 is 0 Å². The maximum absolute atomic E-state index is 13.6. The van der Waals surface area contributed by atoms with Gasteiger partial charge in [0.1, 0.15) is 34.2 Å². The lowest BCUT2D eigenvalue weighted by Crippen LogP contribution is -2.25. The summed E-state index contributed by atoms with van der Waals surface area (Å²) in [5, 5.41) is 0.406. The Morgan fingerprint density at radius 2 is 1.57 bits per heavy atom. The maximum atomic E-state index is 13.6. The van der Waals surface area contributed by atoms with Crippen LogP contribution in [0.2, 0.25) is 51.4 Å². The Kier molecular flexibility index (Phi) is 10.9. The summed E-state index contributed by atoms with van der Waals surface area (Å²) in [5.41, 5.74) is 2.71. The van der Waals surface area contributed by atoms with E-state index in [4.69, 9.17) is 14.2 Å². The van der Waals surface area contributed by atoms with E-state index in [-0.39, 0.29) is 24.8 Å². The van der Waals surface area contributed by atoms with Gasteiger partial charge in [-0.25, -0.2) is 13.4 Å². The monoisotopic (exact) mass is 604 g/mol. The molecule has 0 spiro atoms. The van der Waals surface area contributed by atoms with E-state index in [1.54, 1.807) is 6.07 Å². The molecule has 0 unspecified atom stereocenters. The predicted molar refractivity (Wildman–Crippen MR) is 169 cm³/mol. The summed E-state index contributed by atoms with van der Waals surface area (Å²) in [6.07, 6.45) is 3.10. The van der Waals surface area contributed by atoms with E-state index in [9.17, 15) is 13.2 Å². The van der Waals surface area contributed by atoms with Gasteiger partial charge in [0.25, 0.3) is 5.56 Å². The second-order valence-corrected chi connectivity index (χ2v) is 26.3. The average molecular weight is 605 g/mol. The summed E-state index contributed by atoms with van der Waals surface area (Å²) in [4.78, 5) is 18.1. The minimum absolute atomic E-state index is 0.0367. The predicted octanol–water partition coefficient (Wildman–Crippen LogP) is 5.65. The highest BCUT2D eigenvalue weighted by Gasteiger charge is 2.17. The van der Waals surface area contributed by atoms with Crippen LogP contribution in [0.4, 0.5) is 0 Å². The van der Waals surface area contributed by atoms with Crippen molar-refractivity contribution in [3.63, 3.8) is 0 Å². The molecule has 0 fully saturated rings. The molecule has 0 N–H and O–H groups in total. The smallest absolute Gasteiger partial charge is 0.263 e. The van der Waals surface area contributed by atoms with Crippen LogP contribution in [0.1, 0.15) is 5.56 Å². The molecule has 0 radical (unpaired) electrons. The number of aryl methyl sites for hydroxylation is 1. The van der Waals surface area contributed by atoms with Crippen molar-refractivity contribution in [3.05, 3.63) is 58.6 Å². The molecule has 3 rings (SSSR count). The van der Waals surface area contributed by atoms with Crippen molar-refractivity contribution < 1.29 is 22.6 Å². The van der Waals surface area contributed by atoms with E-state index in [1.807, 2.05) is 30.3 Å². The van der Waals surface area contributed by atoms with E-state index in [2.05, 4.69) is 44.3 Å². The molecule has 11 heteroatoms. The number of hydrogen-bond acceptors (Lipinski definition) is 7. The molecule has 0 bridgehead atoms. The lowest BCUT2D eigenvalue weighted by molar-refractivity contribution is 0.0228. The molecule has 3 aromatic rings. The average Bonchev–Trinajstić information content (AvgIpc) is 2.85. The fraction of sp³-hybridized carbons (Fsp3) is 0.517. The van der Waals surface area contributed by atoms with Gasteiger partial charge in [0, 0.05) is 35.6 Å². The van der Waals surface area contributed by atoms with E-state index >= 15 is 0 Å². The zero-order valence-electron chi connectivity index (χ0n) is 25.0. The van der Waals surface area contributed by atoms with Gasteiger partial charge in [-0.3, -0.25) is 9.36 Å². The number of rotatable bonds is 15. The molecule has 0 aliphatic rings. The first-order chi connectivity index (χ1) is 18.6. The molecule has 1 heterocycles. The molecule has 8 nitrogen and oxygen atoms in total. The first-order valence-electron chi connectivity index (χ1n) is 13.7. The van der Waals surface area contributed by atoms with Crippen LogP contribution in [0.5, 0.6) is 5.75 Å². The van der Waals surface area contributed by atoms with E-state index in [0.717, 1.165) is 28.8 Å². The number of sulfone groups is 1. The van der Waals surface area contributed by atoms with Crippen molar-refractivity contribution in [1.29, 1.82) is 0 Å². The third-order valence-corrected chi connectivity index (χ3v) is 10.8. The van der Waals surface area contributed by atoms with Gasteiger partial charge in [0.2, 0.25) is 0 Å². The highest BCUT2D eigenvalue weighted by Crippen LogP contribution is 2.32. The summed E-state index contributed by atoms with van der Waals surface area (Å²) in [7, 11) is -5.63. The second-order valence-electron chi connectivity index (χ2n) is 12.8. The fourth-order valence-electron chi connectivity index (χ4n) is 4.00. The van der Waals surface area contributed by atoms with Crippen LogP contribution in [0, 0.1) is 0 Å². The van der Waals surface area contributed by atoms with Gasteiger partial charge in [-0.2, -0.15) is 0 Å². The molecule has 0 saturated heterocycles. The van der Waals surface area contributed by atoms with Crippen LogP contribution in [0.25, 0.3) is 22.0 Å². The molecule has 0 aliphatic heterocycles. The molecular formula is C29H44N2O6SSi2. The molecule has 0 aliphatic carbocycles. The topological polar surface area (TPSA) is 96.7 Å². The van der Waals surface area contributed by atoms with Crippen LogP contribution in [0.3, 0.4) is 0 Å². The first kappa shape index (κ1) is 32.2. The minimum Gasteiger partial charge on any atom is -0.465 e. The third-order valence-electron chi connectivity index (χ3n) is 6.48. The standard InChI is InChI=1S/C29H44N2O6SSi2/c1-38(33,34)15-12-23-10-8-9-11-25(23)24-18-26-28(27(19-24)37-22-36-14-17-40(5,6)7)30-20-31(29(26)32)21-35-13-16-39(2,3)4/h8-11,18-20H,12-17,21-22H2,1-7H3. The van der Waals surface area contributed by atoms with Crippen molar-refractivity contribution in [2.75, 3.05) is 32.0 Å². The number of benzene rings is 2. The second kappa shape index (κ2) is 13.6. The largest absolute Gasteiger partial charge is 0.465 e. The zero-order valence-corrected chi connectivity index (χ0v) is 27.8. The van der Waals surface area contributed by atoms with Gasteiger partial charge in [-0.1, -0.05) is 63.5 Å². The Morgan fingerprint density at radius 3 is 2.23 bits per heavy atom. The summed E-state index contributed by atoms with van der Waals surface area (Å²) in [6, 6.07) is 13.3. The quantitative estimate of drug-likeness (QED) is 0.126. The van der Waals surface area contributed by atoms with E-state index in [0.29, 0.717) is 36.3 Å². The molecule has 2 aromatic carbocycles. The Morgan fingerprint density at radius 1 is 0.925 bits per heavy atom.